The highest BCUT2D eigenvalue weighted by atomic mass is 127. The molecule has 0 aliphatic carbocycles. The van der Waals surface area contributed by atoms with E-state index >= 15 is 0 Å². The van der Waals surface area contributed by atoms with Crippen molar-refractivity contribution in [1.29, 1.82) is 0 Å². The van der Waals surface area contributed by atoms with Crippen LogP contribution in [0.3, 0.4) is 0 Å². The van der Waals surface area contributed by atoms with E-state index in [0.29, 0.717) is 9.86 Å². The van der Waals surface area contributed by atoms with Crippen LogP contribution in [-0.2, 0) is 4.74 Å². The van der Waals surface area contributed by atoms with Crippen LogP contribution < -0.4 is 4.74 Å². The van der Waals surface area contributed by atoms with E-state index in [1.165, 1.54) is 20.3 Å². The summed E-state index contributed by atoms with van der Waals surface area (Å²) in [7, 11) is 2.48. The number of carbonyl (C=O) groups is 2. The lowest BCUT2D eigenvalue weighted by Crippen LogP contribution is -2.09. The zero-order valence-corrected chi connectivity index (χ0v) is 10.8. The molecule has 0 bridgehead atoms. The fraction of sp³-hybridized carbons (Fsp3) is 0.200. The summed E-state index contributed by atoms with van der Waals surface area (Å²) in [6.07, 6.45) is 0.510. The van der Waals surface area contributed by atoms with Crippen LogP contribution in [0.15, 0.2) is 6.07 Å². The largest absolute Gasteiger partial charge is 0.504 e. The molecule has 1 aromatic carbocycles. The number of esters is 1. The molecule has 0 radical (unpaired) electrons. The quantitative estimate of drug-likeness (QED) is 0.516. The van der Waals surface area contributed by atoms with Crippen molar-refractivity contribution in [3.05, 3.63) is 20.8 Å². The minimum absolute atomic E-state index is 0.0548. The van der Waals surface area contributed by atoms with E-state index in [4.69, 9.17) is 4.74 Å². The van der Waals surface area contributed by atoms with Crippen LogP contribution in [0, 0.1) is 3.57 Å². The van der Waals surface area contributed by atoms with Gasteiger partial charge < -0.3 is 14.6 Å². The Morgan fingerprint density at radius 3 is 2.56 bits per heavy atom. The molecule has 0 fully saturated rings. The van der Waals surface area contributed by atoms with Gasteiger partial charge in [-0.2, -0.15) is 0 Å². The first kappa shape index (κ1) is 12.8. The Balaban J connectivity index is 3.59. The van der Waals surface area contributed by atoms with Crippen molar-refractivity contribution < 1.29 is 24.2 Å². The highest BCUT2D eigenvalue weighted by molar-refractivity contribution is 14.1. The summed E-state index contributed by atoms with van der Waals surface area (Å²) in [5, 5.41) is 9.69. The molecule has 0 atom stereocenters. The number of hydrogen-bond donors (Lipinski definition) is 1. The Labute approximate surface area is 105 Å². The Bertz CT molecular complexity index is 441. The monoisotopic (exact) mass is 336 g/mol. The van der Waals surface area contributed by atoms with Crippen molar-refractivity contribution >= 4 is 34.8 Å². The van der Waals surface area contributed by atoms with Crippen molar-refractivity contribution in [3.63, 3.8) is 0 Å². The predicted octanol–water partition coefficient (Wildman–Crippen LogP) is 1.60. The van der Waals surface area contributed by atoms with Gasteiger partial charge in [-0.1, -0.05) is 0 Å². The topological polar surface area (TPSA) is 72.8 Å². The molecule has 1 aromatic rings. The number of halogens is 1. The average Bonchev–Trinajstić information content (AvgIpc) is 2.30. The summed E-state index contributed by atoms with van der Waals surface area (Å²) in [6.45, 7) is 0. The number of benzene rings is 1. The lowest BCUT2D eigenvalue weighted by Gasteiger charge is -2.12. The highest BCUT2D eigenvalue weighted by Crippen LogP contribution is 2.36. The van der Waals surface area contributed by atoms with Crippen LogP contribution in [0.5, 0.6) is 11.5 Å². The molecule has 0 heterocycles. The minimum Gasteiger partial charge on any atom is -0.504 e. The van der Waals surface area contributed by atoms with Gasteiger partial charge in [0.1, 0.15) is 5.56 Å². The van der Waals surface area contributed by atoms with Crippen LogP contribution >= 0.6 is 22.6 Å². The molecule has 0 saturated carbocycles. The van der Waals surface area contributed by atoms with Crippen LogP contribution in [0.4, 0.5) is 0 Å². The summed E-state index contributed by atoms with van der Waals surface area (Å²) < 4.78 is 9.85. The number of aromatic hydroxyl groups is 1. The minimum atomic E-state index is -0.731. The molecular formula is C10H9IO5. The highest BCUT2D eigenvalue weighted by Gasteiger charge is 2.23. The molecule has 16 heavy (non-hydrogen) atoms. The van der Waals surface area contributed by atoms with Crippen molar-refractivity contribution in [2.24, 2.45) is 0 Å². The van der Waals surface area contributed by atoms with E-state index in [-0.39, 0.29) is 22.6 Å². The van der Waals surface area contributed by atoms with Crippen molar-refractivity contribution in [2.45, 2.75) is 0 Å². The zero-order valence-electron chi connectivity index (χ0n) is 8.61. The predicted molar refractivity (Wildman–Crippen MR) is 64.1 cm³/mol. The van der Waals surface area contributed by atoms with Gasteiger partial charge in [0.05, 0.1) is 17.8 Å². The van der Waals surface area contributed by atoms with Crippen LogP contribution in [0.1, 0.15) is 20.7 Å². The maximum atomic E-state index is 11.5. The average molecular weight is 336 g/mol. The molecule has 1 rings (SSSR count). The van der Waals surface area contributed by atoms with E-state index in [0.717, 1.165) is 0 Å². The molecule has 86 valence electrons. The van der Waals surface area contributed by atoms with Gasteiger partial charge in [0.2, 0.25) is 0 Å². The Morgan fingerprint density at radius 2 is 2.12 bits per heavy atom. The van der Waals surface area contributed by atoms with Gasteiger partial charge in [0.15, 0.2) is 17.8 Å². The van der Waals surface area contributed by atoms with Gasteiger partial charge >= 0.3 is 5.97 Å². The number of carbonyl (C=O) groups excluding carboxylic acids is 2. The first-order chi connectivity index (χ1) is 7.56. The molecule has 5 nitrogen and oxygen atoms in total. The summed E-state index contributed by atoms with van der Waals surface area (Å²) in [5.74, 6) is -0.972. The van der Waals surface area contributed by atoms with E-state index in [1.807, 2.05) is 22.6 Å². The summed E-state index contributed by atoms with van der Waals surface area (Å²) in [4.78, 5) is 22.3. The number of methoxy groups -OCH3 is 2. The van der Waals surface area contributed by atoms with Gasteiger partial charge in [-0.3, -0.25) is 4.79 Å². The lowest BCUT2D eigenvalue weighted by atomic mass is 10.1. The van der Waals surface area contributed by atoms with Crippen molar-refractivity contribution in [1.82, 2.24) is 0 Å². The van der Waals surface area contributed by atoms with Crippen molar-refractivity contribution in [3.8, 4) is 11.5 Å². The number of hydrogen-bond acceptors (Lipinski definition) is 5. The first-order valence-electron chi connectivity index (χ1n) is 4.19. The first-order valence-corrected chi connectivity index (χ1v) is 5.27. The number of ether oxygens (including phenoxy) is 2. The summed E-state index contributed by atoms with van der Waals surface area (Å²) in [5.41, 5.74) is 0.0452. The fourth-order valence-electron chi connectivity index (χ4n) is 1.24. The fourth-order valence-corrected chi connectivity index (χ4v) is 1.82. The van der Waals surface area contributed by atoms with E-state index < -0.39 is 5.97 Å². The molecule has 0 aromatic heterocycles. The van der Waals surface area contributed by atoms with E-state index in [1.54, 1.807) is 0 Å². The molecule has 0 unspecified atom stereocenters. The number of phenolic OH excluding ortho intramolecular Hbond substituents is 1. The SMILES string of the molecule is COC(=O)c1c(C=O)cc(I)c(O)c1OC. The van der Waals surface area contributed by atoms with Gasteiger partial charge in [-0.05, 0) is 28.7 Å². The molecule has 6 heteroatoms. The second kappa shape index (κ2) is 5.15. The van der Waals surface area contributed by atoms with Crippen LogP contribution in [0.25, 0.3) is 0 Å². The summed E-state index contributed by atoms with van der Waals surface area (Å²) >= 11 is 1.83. The molecule has 0 saturated heterocycles. The smallest absolute Gasteiger partial charge is 0.342 e. The van der Waals surface area contributed by atoms with Gasteiger partial charge in [0, 0.05) is 5.56 Å². The third-order valence-corrected chi connectivity index (χ3v) is 2.78. The summed E-state index contributed by atoms with van der Waals surface area (Å²) in [6, 6.07) is 1.39. The Kier molecular flexibility index (Phi) is 4.11. The second-order valence-electron chi connectivity index (χ2n) is 2.81. The Hall–Kier alpha value is -1.31. The normalized spacial score (nSPS) is 9.69. The van der Waals surface area contributed by atoms with Crippen molar-refractivity contribution in [2.75, 3.05) is 14.2 Å². The maximum absolute atomic E-state index is 11.5. The van der Waals surface area contributed by atoms with Crippen LogP contribution in [-0.4, -0.2) is 31.6 Å². The molecule has 0 spiro atoms. The maximum Gasteiger partial charge on any atom is 0.342 e. The van der Waals surface area contributed by atoms with Gasteiger partial charge in [-0.15, -0.1) is 0 Å². The van der Waals surface area contributed by atoms with E-state index in [2.05, 4.69) is 4.74 Å². The lowest BCUT2D eigenvalue weighted by molar-refractivity contribution is 0.0593. The third-order valence-electron chi connectivity index (χ3n) is 1.96. The third kappa shape index (κ3) is 2.11. The van der Waals surface area contributed by atoms with Gasteiger partial charge in [0.25, 0.3) is 0 Å². The standard InChI is InChI=1S/C10H9IO5/c1-15-9-7(10(14)16-2)5(4-12)3-6(11)8(9)13/h3-4,13H,1-2H3. The second-order valence-corrected chi connectivity index (χ2v) is 3.98. The number of aldehydes is 1. The number of phenols is 1. The van der Waals surface area contributed by atoms with Gasteiger partial charge in [-0.25, -0.2) is 4.79 Å². The molecule has 0 aliphatic heterocycles. The molecule has 1 N–H and O–H groups in total. The molecule has 0 aliphatic rings. The van der Waals surface area contributed by atoms with Crippen LogP contribution in [0.2, 0.25) is 0 Å². The number of rotatable bonds is 3. The zero-order chi connectivity index (χ0) is 12.3. The molecular weight excluding hydrogens is 327 g/mol. The van der Waals surface area contributed by atoms with E-state index in [9.17, 15) is 14.7 Å². The Morgan fingerprint density at radius 1 is 1.50 bits per heavy atom. The molecule has 0 amide bonds.